The van der Waals surface area contributed by atoms with E-state index in [-0.39, 0.29) is 16.8 Å². The molecule has 0 aromatic heterocycles. The number of nitrogens with zero attached hydrogens (tertiary/aromatic N) is 1. The van der Waals surface area contributed by atoms with E-state index in [4.69, 9.17) is 0 Å². The summed E-state index contributed by atoms with van der Waals surface area (Å²) in [6, 6.07) is 6.26. The highest BCUT2D eigenvalue weighted by molar-refractivity contribution is 6.18. The van der Waals surface area contributed by atoms with Gasteiger partial charge in [-0.2, -0.15) is 0 Å². The number of carbonyl (C=O) groups is 2. The number of rotatable bonds is 1. The van der Waals surface area contributed by atoms with Crippen LogP contribution in [0.25, 0.3) is 0 Å². The first kappa shape index (κ1) is 13.0. The molecule has 0 amide bonds. The monoisotopic (exact) mass is 275 g/mol. The van der Waals surface area contributed by atoms with E-state index in [1.165, 1.54) is 19.1 Å². The summed E-state index contributed by atoms with van der Waals surface area (Å²) < 4.78 is 4.63. The third-order valence-electron chi connectivity index (χ3n) is 4.04. The summed E-state index contributed by atoms with van der Waals surface area (Å²) in [5.41, 5.74) is -3.93. The molecule has 104 valence electrons. The van der Waals surface area contributed by atoms with E-state index in [9.17, 15) is 19.8 Å². The van der Waals surface area contributed by atoms with Crippen molar-refractivity contribution in [1.82, 2.24) is 0 Å². The average Bonchev–Trinajstić information content (AvgIpc) is 2.74. The first-order chi connectivity index (χ1) is 9.38. The molecule has 0 bridgehead atoms. The van der Waals surface area contributed by atoms with E-state index in [1.807, 2.05) is 0 Å². The van der Waals surface area contributed by atoms with Crippen molar-refractivity contribution in [2.45, 2.75) is 18.2 Å². The number of Topliss-reactive ketones (excluding diaryl/α,β-unsaturated/α-hetero) is 1. The first-order valence-electron chi connectivity index (χ1n) is 6.11. The van der Waals surface area contributed by atoms with Crippen LogP contribution < -0.4 is 0 Å². The van der Waals surface area contributed by atoms with E-state index < -0.39 is 29.0 Å². The van der Waals surface area contributed by atoms with Crippen LogP contribution in [0.15, 0.2) is 29.3 Å². The van der Waals surface area contributed by atoms with Gasteiger partial charge in [0.15, 0.2) is 5.60 Å². The third-order valence-corrected chi connectivity index (χ3v) is 4.04. The standard InChI is InChI=1S/C14H13NO5/c1-7-10(12(17)20-2)13(18)11(16)8-5-3-4-6-9(8)14(13,19)15-7/h3-6,10,18-19H,1-2H3/t10?,13-,14-/m0/s1. The zero-order valence-electron chi connectivity index (χ0n) is 11.0. The number of ketones is 1. The molecule has 1 unspecified atom stereocenters. The number of methoxy groups -OCH3 is 1. The highest BCUT2D eigenvalue weighted by Crippen LogP contribution is 2.53. The Morgan fingerprint density at radius 2 is 2.00 bits per heavy atom. The number of esters is 1. The summed E-state index contributed by atoms with van der Waals surface area (Å²) in [6.45, 7) is 1.48. The SMILES string of the molecule is COC(=O)C1C(C)=N[C@]2(O)c3ccccc3C(=O)[C@@]12O. The smallest absolute Gasteiger partial charge is 0.318 e. The van der Waals surface area contributed by atoms with Crippen LogP contribution >= 0.6 is 0 Å². The van der Waals surface area contributed by atoms with E-state index in [0.717, 1.165) is 7.11 Å². The lowest BCUT2D eigenvalue weighted by Crippen LogP contribution is -2.56. The van der Waals surface area contributed by atoms with Crippen LogP contribution in [0, 0.1) is 5.92 Å². The van der Waals surface area contributed by atoms with Gasteiger partial charge in [0, 0.05) is 16.8 Å². The predicted molar refractivity (Wildman–Crippen MR) is 68.2 cm³/mol. The molecule has 2 aliphatic rings. The minimum atomic E-state index is -2.34. The van der Waals surface area contributed by atoms with Gasteiger partial charge in [-0.25, -0.2) is 0 Å². The second-order valence-corrected chi connectivity index (χ2v) is 5.02. The Morgan fingerprint density at radius 1 is 1.35 bits per heavy atom. The molecule has 3 rings (SSSR count). The zero-order valence-corrected chi connectivity index (χ0v) is 11.0. The van der Waals surface area contributed by atoms with Crippen molar-refractivity contribution in [2.75, 3.05) is 7.11 Å². The maximum absolute atomic E-state index is 12.5. The number of aliphatic imine (C=N–C) groups is 1. The summed E-state index contributed by atoms with van der Waals surface area (Å²) in [5.74, 6) is -2.82. The number of ether oxygens (including phenoxy) is 1. The van der Waals surface area contributed by atoms with Crippen LogP contribution in [0.1, 0.15) is 22.8 Å². The van der Waals surface area contributed by atoms with E-state index in [0.29, 0.717) is 0 Å². The fourth-order valence-corrected chi connectivity index (χ4v) is 3.11. The van der Waals surface area contributed by atoms with Crippen molar-refractivity contribution < 1.29 is 24.5 Å². The zero-order chi connectivity index (χ0) is 14.7. The fourth-order valence-electron chi connectivity index (χ4n) is 3.11. The van der Waals surface area contributed by atoms with Crippen LogP contribution in [0.2, 0.25) is 0 Å². The molecule has 0 fully saturated rings. The van der Waals surface area contributed by atoms with Crippen molar-refractivity contribution >= 4 is 17.5 Å². The van der Waals surface area contributed by atoms with Gasteiger partial charge in [0.1, 0.15) is 5.92 Å². The Balaban J connectivity index is 2.28. The normalized spacial score (nSPS) is 34.5. The van der Waals surface area contributed by atoms with E-state index in [2.05, 4.69) is 9.73 Å². The van der Waals surface area contributed by atoms with Crippen LogP contribution in [0.5, 0.6) is 0 Å². The number of benzene rings is 1. The van der Waals surface area contributed by atoms with Crippen molar-refractivity contribution in [3.63, 3.8) is 0 Å². The molecule has 1 aromatic carbocycles. The molecule has 0 radical (unpaired) electrons. The third kappa shape index (κ3) is 1.18. The van der Waals surface area contributed by atoms with Crippen molar-refractivity contribution in [1.29, 1.82) is 0 Å². The molecule has 20 heavy (non-hydrogen) atoms. The Kier molecular flexibility index (Phi) is 2.42. The topological polar surface area (TPSA) is 96.2 Å². The first-order valence-corrected chi connectivity index (χ1v) is 6.11. The molecule has 6 heteroatoms. The molecule has 0 spiro atoms. The van der Waals surface area contributed by atoms with Gasteiger partial charge in [-0.1, -0.05) is 24.3 Å². The highest BCUT2D eigenvalue weighted by atomic mass is 16.5. The predicted octanol–water partition coefficient (Wildman–Crippen LogP) is 0.0228. The number of hydrogen-bond acceptors (Lipinski definition) is 6. The summed E-state index contributed by atoms with van der Waals surface area (Å²) in [4.78, 5) is 28.4. The molecular weight excluding hydrogens is 262 g/mol. The molecule has 0 saturated heterocycles. The molecule has 0 saturated carbocycles. The molecule has 1 aliphatic carbocycles. The van der Waals surface area contributed by atoms with E-state index in [1.54, 1.807) is 12.1 Å². The summed E-state index contributed by atoms with van der Waals surface area (Å²) in [7, 11) is 1.16. The summed E-state index contributed by atoms with van der Waals surface area (Å²) in [6.07, 6.45) is 0. The van der Waals surface area contributed by atoms with Gasteiger partial charge in [-0.3, -0.25) is 14.6 Å². The number of aliphatic hydroxyl groups is 2. The summed E-state index contributed by atoms with van der Waals surface area (Å²) in [5, 5.41) is 21.5. The van der Waals surface area contributed by atoms with Crippen LogP contribution in [0.3, 0.4) is 0 Å². The van der Waals surface area contributed by atoms with Crippen LogP contribution in [-0.4, -0.2) is 40.4 Å². The molecular formula is C14H13NO5. The van der Waals surface area contributed by atoms with Crippen molar-refractivity contribution in [3.05, 3.63) is 35.4 Å². The lowest BCUT2D eigenvalue weighted by molar-refractivity contribution is -0.162. The van der Waals surface area contributed by atoms with Crippen molar-refractivity contribution in [2.24, 2.45) is 10.9 Å². The highest BCUT2D eigenvalue weighted by Gasteiger charge is 2.72. The maximum atomic E-state index is 12.5. The Labute approximate surface area is 114 Å². The number of hydrogen-bond donors (Lipinski definition) is 2. The lowest BCUT2D eigenvalue weighted by Gasteiger charge is -2.31. The Morgan fingerprint density at radius 3 is 2.65 bits per heavy atom. The average molecular weight is 275 g/mol. The minimum absolute atomic E-state index is 0.169. The van der Waals surface area contributed by atoms with Gasteiger partial charge in [0.2, 0.25) is 11.5 Å². The summed E-state index contributed by atoms with van der Waals surface area (Å²) >= 11 is 0. The maximum Gasteiger partial charge on any atom is 0.318 e. The fraction of sp³-hybridized carbons (Fsp3) is 0.357. The molecule has 6 nitrogen and oxygen atoms in total. The number of carbonyl (C=O) groups excluding carboxylic acids is 2. The van der Waals surface area contributed by atoms with Gasteiger partial charge < -0.3 is 14.9 Å². The largest absolute Gasteiger partial charge is 0.468 e. The Hall–Kier alpha value is -2.05. The van der Waals surface area contributed by atoms with Crippen molar-refractivity contribution in [3.8, 4) is 0 Å². The molecule has 1 aliphatic heterocycles. The van der Waals surface area contributed by atoms with Crippen LogP contribution in [-0.2, 0) is 15.3 Å². The Bertz CT molecular complexity index is 667. The molecule has 3 atom stereocenters. The quantitative estimate of drug-likeness (QED) is 0.704. The van der Waals surface area contributed by atoms with E-state index >= 15 is 0 Å². The number of fused-ring (bicyclic) bond motifs is 3. The van der Waals surface area contributed by atoms with Gasteiger partial charge in [-0.15, -0.1) is 0 Å². The van der Waals surface area contributed by atoms with Gasteiger partial charge >= 0.3 is 5.97 Å². The second kappa shape index (κ2) is 3.74. The van der Waals surface area contributed by atoms with Crippen LogP contribution in [0.4, 0.5) is 0 Å². The molecule has 2 N–H and O–H groups in total. The minimum Gasteiger partial charge on any atom is -0.468 e. The lowest BCUT2D eigenvalue weighted by atomic mass is 9.79. The van der Waals surface area contributed by atoms with Gasteiger partial charge in [0.05, 0.1) is 7.11 Å². The van der Waals surface area contributed by atoms with Gasteiger partial charge in [-0.05, 0) is 6.92 Å². The molecule has 1 heterocycles. The second-order valence-electron chi connectivity index (χ2n) is 5.02. The van der Waals surface area contributed by atoms with Gasteiger partial charge in [0.25, 0.3) is 0 Å². The molecule has 1 aromatic rings.